The molecule has 1 aromatic rings. The van der Waals surface area contributed by atoms with Gasteiger partial charge < -0.3 is 15.0 Å². The van der Waals surface area contributed by atoms with Crippen LogP contribution in [0.25, 0.3) is 0 Å². The van der Waals surface area contributed by atoms with E-state index >= 15 is 0 Å². The summed E-state index contributed by atoms with van der Waals surface area (Å²) < 4.78 is 5.50. The first kappa shape index (κ1) is 16.2. The van der Waals surface area contributed by atoms with E-state index in [1.54, 1.807) is 0 Å². The van der Waals surface area contributed by atoms with Gasteiger partial charge in [0.25, 0.3) is 0 Å². The molecule has 1 fully saturated rings. The van der Waals surface area contributed by atoms with Crippen LogP contribution in [0.4, 0.5) is 5.82 Å². The van der Waals surface area contributed by atoms with Crippen LogP contribution in [0.2, 0.25) is 0 Å². The summed E-state index contributed by atoms with van der Waals surface area (Å²) in [6, 6.07) is 4.89. The first-order chi connectivity index (χ1) is 10.1. The molecule has 118 valence electrons. The number of hydrogen-bond donors (Lipinski definition) is 1. The van der Waals surface area contributed by atoms with E-state index in [-0.39, 0.29) is 0 Å². The monoisotopic (exact) mass is 291 g/mol. The van der Waals surface area contributed by atoms with Gasteiger partial charge in [0.2, 0.25) is 0 Å². The molecule has 0 radical (unpaired) electrons. The fourth-order valence-corrected chi connectivity index (χ4v) is 2.62. The summed E-state index contributed by atoms with van der Waals surface area (Å²) in [5.41, 5.74) is 2.49. The van der Waals surface area contributed by atoms with Gasteiger partial charge in [0.1, 0.15) is 5.82 Å². The van der Waals surface area contributed by atoms with Gasteiger partial charge in [0.15, 0.2) is 0 Å². The van der Waals surface area contributed by atoms with E-state index in [1.165, 1.54) is 11.3 Å². The highest BCUT2D eigenvalue weighted by Crippen LogP contribution is 2.20. The van der Waals surface area contributed by atoms with Crippen molar-refractivity contribution in [1.29, 1.82) is 0 Å². The molecule has 0 amide bonds. The summed E-state index contributed by atoms with van der Waals surface area (Å²) in [7, 11) is 2.13. The summed E-state index contributed by atoms with van der Waals surface area (Å²) in [6.07, 6.45) is 2.06. The Morgan fingerprint density at radius 3 is 2.86 bits per heavy atom. The van der Waals surface area contributed by atoms with Gasteiger partial charge in [0, 0.05) is 25.9 Å². The third kappa shape index (κ3) is 4.68. The lowest BCUT2D eigenvalue weighted by Gasteiger charge is -2.25. The standard InChI is InChI=1S/C17H29N3O/c1-5-15-8-14(11-18-10-13(2)3)9-17(19-15)20(4)16-6-7-21-12-16/h8-9,13,16,18H,5-7,10-12H2,1-4H3. The van der Waals surface area contributed by atoms with Gasteiger partial charge in [-0.05, 0) is 43.0 Å². The Balaban J connectivity index is 2.08. The van der Waals surface area contributed by atoms with Gasteiger partial charge in [-0.3, -0.25) is 0 Å². The van der Waals surface area contributed by atoms with Gasteiger partial charge in [-0.25, -0.2) is 4.98 Å². The zero-order chi connectivity index (χ0) is 15.2. The average Bonchev–Trinajstić information content (AvgIpc) is 3.00. The number of likely N-dealkylation sites (N-methyl/N-ethyl adjacent to an activating group) is 1. The predicted molar refractivity (Wildman–Crippen MR) is 87.8 cm³/mol. The van der Waals surface area contributed by atoms with Crippen LogP contribution in [-0.2, 0) is 17.7 Å². The lowest BCUT2D eigenvalue weighted by molar-refractivity contribution is 0.193. The lowest BCUT2D eigenvalue weighted by Crippen LogP contribution is -2.32. The maximum absolute atomic E-state index is 5.50. The summed E-state index contributed by atoms with van der Waals surface area (Å²) >= 11 is 0. The smallest absolute Gasteiger partial charge is 0.129 e. The molecule has 1 N–H and O–H groups in total. The Hall–Kier alpha value is -1.13. The molecule has 1 atom stereocenters. The fraction of sp³-hybridized carbons (Fsp3) is 0.706. The molecule has 0 aromatic carbocycles. The molecule has 0 saturated carbocycles. The first-order valence-corrected chi connectivity index (χ1v) is 8.11. The minimum atomic E-state index is 0.459. The molecule has 0 aliphatic carbocycles. The van der Waals surface area contributed by atoms with Crippen LogP contribution in [-0.4, -0.2) is 37.8 Å². The molecular weight excluding hydrogens is 262 g/mol. The second-order valence-electron chi connectivity index (χ2n) is 6.33. The van der Waals surface area contributed by atoms with Gasteiger partial charge >= 0.3 is 0 Å². The van der Waals surface area contributed by atoms with Crippen molar-refractivity contribution < 1.29 is 4.74 Å². The molecular formula is C17H29N3O. The zero-order valence-corrected chi connectivity index (χ0v) is 13.9. The van der Waals surface area contributed by atoms with Crippen molar-refractivity contribution in [2.45, 2.75) is 46.2 Å². The number of ether oxygens (including phenoxy) is 1. The number of aromatic nitrogens is 1. The van der Waals surface area contributed by atoms with Crippen LogP contribution in [0.5, 0.6) is 0 Å². The quantitative estimate of drug-likeness (QED) is 0.838. The van der Waals surface area contributed by atoms with E-state index in [2.05, 4.69) is 50.2 Å². The van der Waals surface area contributed by atoms with E-state index in [4.69, 9.17) is 9.72 Å². The van der Waals surface area contributed by atoms with E-state index < -0.39 is 0 Å². The molecule has 21 heavy (non-hydrogen) atoms. The molecule has 2 heterocycles. The SMILES string of the molecule is CCc1cc(CNCC(C)C)cc(N(C)C2CCOC2)n1. The van der Waals surface area contributed by atoms with Gasteiger partial charge in [-0.2, -0.15) is 0 Å². The van der Waals surface area contributed by atoms with E-state index in [1.807, 2.05) is 0 Å². The van der Waals surface area contributed by atoms with Crippen molar-refractivity contribution in [2.24, 2.45) is 5.92 Å². The second kappa shape index (κ2) is 7.76. The normalized spacial score (nSPS) is 18.4. The predicted octanol–water partition coefficient (Wildman–Crippen LogP) is 2.61. The van der Waals surface area contributed by atoms with Gasteiger partial charge in [0.05, 0.1) is 12.6 Å². The maximum Gasteiger partial charge on any atom is 0.129 e. The summed E-state index contributed by atoms with van der Waals surface area (Å²) in [6.45, 7) is 10.3. The molecule has 0 spiro atoms. The highest BCUT2D eigenvalue weighted by Gasteiger charge is 2.21. The lowest BCUT2D eigenvalue weighted by atomic mass is 10.1. The molecule has 1 unspecified atom stereocenters. The molecule has 1 aromatic heterocycles. The fourth-order valence-electron chi connectivity index (χ4n) is 2.62. The Morgan fingerprint density at radius 1 is 1.43 bits per heavy atom. The van der Waals surface area contributed by atoms with Crippen LogP contribution in [0.1, 0.15) is 38.4 Å². The second-order valence-corrected chi connectivity index (χ2v) is 6.33. The number of nitrogens with zero attached hydrogens (tertiary/aromatic N) is 2. The number of hydrogen-bond acceptors (Lipinski definition) is 4. The highest BCUT2D eigenvalue weighted by atomic mass is 16.5. The van der Waals surface area contributed by atoms with Crippen molar-refractivity contribution in [3.63, 3.8) is 0 Å². The Kier molecular flexibility index (Phi) is 6.00. The number of aryl methyl sites for hydroxylation is 1. The number of rotatable bonds is 7. The summed E-state index contributed by atoms with van der Waals surface area (Å²) in [5.74, 6) is 1.75. The number of pyridine rings is 1. The zero-order valence-electron chi connectivity index (χ0n) is 13.9. The van der Waals surface area contributed by atoms with Crippen molar-refractivity contribution in [3.8, 4) is 0 Å². The molecule has 1 saturated heterocycles. The highest BCUT2D eigenvalue weighted by molar-refractivity contribution is 5.43. The summed E-state index contributed by atoms with van der Waals surface area (Å²) in [4.78, 5) is 7.06. The largest absolute Gasteiger partial charge is 0.379 e. The minimum absolute atomic E-state index is 0.459. The van der Waals surface area contributed by atoms with Gasteiger partial charge in [-0.1, -0.05) is 20.8 Å². The van der Waals surface area contributed by atoms with Crippen molar-refractivity contribution in [2.75, 3.05) is 31.7 Å². The first-order valence-electron chi connectivity index (χ1n) is 8.11. The topological polar surface area (TPSA) is 37.4 Å². The molecule has 4 heteroatoms. The Labute approximate surface area is 128 Å². The van der Waals surface area contributed by atoms with Crippen LogP contribution in [0, 0.1) is 5.92 Å². The van der Waals surface area contributed by atoms with E-state index in [0.717, 1.165) is 45.0 Å². The van der Waals surface area contributed by atoms with Crippen molar-refractivity contribution in [1.82, 2.24) is 10.3 Å². The molecule has 2 rings (SSSR count). The third-order valence-corrected chi connectivity index (χ3v) is 3.98. The molecule has 4 nitrogen and oxygen atoms in total. The average molecular weight is 291 g/mol. The number of anilines is 1. The van der Waals surface area contributed by atoms with E-state index in [9.17, 15) is 0 Å². The van der Waals surface area contributed by atoms with Crippen molar-refractivity contribution in [3.05, 3.63) is 23.4 Å². The van der Waals surface area contributed by atoms with Crippen LogP contribution < -0.4 is 10.2 Å². The van der Waals surface area contributed by atoms with Gasteiger partial charge in [-0.15, -0.1) is 0 Å². The van der Waals surface area contributed by atoms with Crippen LogP contribution in [0.3, 0.4) is 0 Å². The molecule has 0 bridgehead atoms. The molecule has 1 aliphatic heterocycles. The molecule has 1 aliphatic rings. The van der Waals surface area contributed by atoms with Crippen molar-refractivity contribution >= 4 is 5.82 Å². The van der Waals surface area contributed by atoms with Crippen LogP contribution >= 0.6 is 0 Å². The van der Waals surface area contributed by atoms with Crippen LogP contribution in [0.15, 0.2) is 12.1 Å². The minimum Gasteiger partial charge on any atom is -0.379 e. The maximum atomic E-state index is 5.50. The Bertz CT molecular complexity index is 442. The third-order valence-electron chi connectivity index (χ3n) is 3.98. The summed E-state index contributed by atoms with van der Waals surface area (Å²) in [5, 5.41) is 3.52. The Morgan fingerprint density at radius 2 is 2.24 bits per heavy atom. The number of nitrogens with one attached hydrogen (secondary N) is 1. The van der Waals surface area contributed by atoms with E-state index in [0.29, 0.717) is 12.0 Å².